The van der Waals surface area contributed by atoms with Gasteiger partial charge >= 0.3 is 6.01 Å². The highest BCUT2D eigenvalue weighted by Gasteiger charge is 2.11. The largest absolute Gasteiger partial charge is 0.408 e. The van der Waals surface area contributed by atoms with Gasteiger partial charge in [0.2, 0.25) is 11.8 Å². The van der Waals surface area contributed by atoms with E-state index in [2.05, 4.69) is 15.5 Å². The number of carbonyl (C=O) groups excluding carboxylic acids is 1. The van der Waals surface area contributed by atoms with Crippen LogP contribution < -0.4 is 11.1 Å². The average Bonchev–Trinajstić information content (AvgIpc) is 2.72. The summed E-state index contributed by atoms with van der Waals surface area (Å²) in [5.74, 6) is 1.78. The van der Waals surface area contributed by atoms with E-state index in [4.69, 9.17) is 10.2 Å². The molecule has 1 unspecified atom stereocenters. The maximum atomic E-state index is 11.5. The van der Waals surface area contributed by atoms with Crippen LogP contribution in [0.1, 0.15) is 39.0 Å². The van der Waals surface area contributed by atoms with Crippen LogP contribution in [0.4, 0.5) is 6.01 Å². The molecule has 0 spiro atoms. The number of aromatic nitrogens is 2. The Bertz CT molecular complexity index is 379. The summed E-state index contributed by atoms with van der Waals surface area (Å²) < 4.78 is 5.28. The van der Waals surface area contributed by atoms with Crippen molar-refractivity contribution in [2.24, 2.45) is 5.73 Å². The molecule has 7 heteroatoms. The van der Waals surface area contributed by atoms with Gasteiger partial charge in [-0.15, -0.1) is 5.10 Å². The van der Waals surface area contributed by atoms with Gasteiger partial charge in [0.15, 0.2) is 0 Å². The molecule has 0 aliphatic heterocycles. The second-order valence-corrected chi connectivity index (χ2v) is 5.57. The Kier molecular flexibility index (Phi) is 6.14. The normalized spacial score (nSPS) is 12.7. The number of hydrogen-bond donors (Lipinski definition) is 2. The van der Waals surface area contributed by atoms with Crippen molar-refractivity contribution in [3.63, 3.8) is 0 Å². The Hall–Kier alpha value is -1.08. The maximum Gasteiger partial charge on any atom is 0.322 e. The van der Waals surface area contributed by atoms with Crippen LogP contribution in [0.2, 0.25) is 0 Å². The molecule has 1 aromatic heterocycles. The second kappa shape index (κ2) is 7.38. The van der Waals surface area contributed by atoms with Gasteiger partial charge in [-0.1, -0.05) is 18.9 Å². The zero-order valence-electron chi connectivity index (χ0n) is 11.0. The molecule has 0 radical (unpaired) electrons. The molecule has 1 rings (SSSR count). The van der Waals surface area contributed by atoms with E-state index in [9.17, 15) is 4.79 Å². The molecular formula is C11H20N4O2S. The first-order valence-corrected chi connectivity index (χ1v) is 7.11. The first-order valence-electron chi connectivity index (χ1n) is 5.95. The smallest absolute Gasteiger partial charge is 0.322 e. The predicted octanol–water partition coefficient (Wildman–Crippen LogP) is 1.60. The number of nitrogens with zero attached hydrogens (tertiary/aromatic N) is 2. The highest BCUT2D eigenvalue weighted by atomic mass is 32.2. The third-order valence-electron chi connectivity index (χ3n) is 2.13. The number of anilines is 1. The summed E-state index contributed by atoms with van der Waals surface area (Å²) in [6.07, 6.45) is 0.899. The van der Waals surface area contributed by atoms with Crippen LogP contribution in [0, 0.1) is 0 Å². The molecule has 1 atom stereocenters. The molecule has 0 saturated heterocycles. The first kappa shape index (κ1) is 15.0. The predicted molar refractivity (Wildman–Crippen MR) is 72.6 cm³/mol. The van der Waals surface area contributed by atoms with E-state index < -0.39 is 0 Å². The van der Waals surface area contributed by atoms with Crippen molar-refractivity contribution in [3.05, 3.63) is 5.89 Å². The van der Waals surface area contributed by atoms with Gasteiger partial charge in [0, 0.05) is 12.0 Å². The molecule has 102 valence electrons. The summed E-state index contributed by atoms with van der Waals surface area (Å²) in [7, 11) is 0. The number of hydrogen-bond acceptors (Lipinski definition) is 6. The zero-order chi connectivity index (χ0) is 13.5. The van der Waals surface area contributed by atoms with E-state index in [0.717, 1.165) is 12.2 Å². The topological polar surface area (TPSA) is 94.0 Å². The number of rotatable bonds is 7. The molecule has 0 fully saturated rings. The van der Waals surface area contributed by atoms with Gasteiger partial charge in [0.25, 0.3) is 0 Å². The molecule has 1 amide bonds. The molecule has 0 saturated carbocycles. The van der Waals surface area contributed by atoms with E-state index in [-0.39, 0.29) is 23.9 Å². The van der Waals surface area contributed by atoms with Crippen molar-refractivity contribution in [3.8, 4) is 0 Å². The summed E-state index contributed by atoms with van der Waals surface area (Å²) in [6.45, 7) is 5.85. The second-order valence-electron chi connectivity index (χ2n) is 4.47. The summed E-state index contributed by atoms with van der Waals surface area (Å²) in [4.78, 5) is 11.5. The minimum atomic E-state index is -0.136. The summed E-state index contributed by atoms with van der Waals surface area (Å²) in [5, 5.41) is 10.2. The molecular weight excluding hydrogens is 252 g/mol. The van der Waals surface area contributed by atoms with Gasteiger partial charge in [-0.3, -0.25) is 10.1 Å². The third-order valence-corrected chi connectivity index (χ3v) is 3.12. The summed E-state index contributed by atoms with van der Waals surface area (Å²) in [5.41, 5.74) is 5.62. The Labute approximate surface area is 111 Å². The van der Waals surface area contributed by atoms with Gasteiger partial charge in [0.05, 0.1) is 5.75 Å². The van der Waals surface area contributed by atoms with Crippen LogP contribution in [-0.2, 0) is 4.79 Å². The maximum absolute atomic E-state index is 11.5. The number of nitrogens with two attached hydrogens (primary N) is 1. The van der Waals surface area contributed by atoms with Crippen molar-refractivity contribution in [2.45, 2.75) is 39.2 Å². The van der Waals surface area contributed by atoms with Gasteiger partial charge in [-0.25, -0.2) is 0 Å². The molecule has 0 bridgehead atoms. The lowest BCUT2D eigenvalue weighted by molar-refractivity contribution is -0.113. The minimum Gasteiger partial charge on any atom is -0.408 e. The van der Waals surface area contributed by atoms with Crippen LogP contribution in [-0.4, -0.2) is 33.7 Å². The van der Waals surface area contributed by atoms with Crippen molar-refractivity contribution >= 4 is 23.7 Å². The molecule has 3 N–H and O–H groups in total. The van der Waals surface area contributed by atoms with Crippen LogP contribution in [0.3, 0.4) is 0 Å². The fourth-order valence-electron chi connectivity index (χ4n) is 1.11. The van der Waals surface area contributed by atoms with Crippen molar-refractivity contribution in [1.29, 1.82) is 0 Å². The van der Waals surface area contributed by atoms with Gasteiger partial charge < -0.3 is 10.2 Å². The third kappa shape index (κ3) is 5.50. The lowest BCUT2D eigenvalue weighted by Crippen LogP contribution is -2.17. The zero-order valence-corrected chi connectivity index (χ0v) is 11.8. The molecule has 0 aliphatic carbocycles. The fraction of sp³-hybridized carbons (Fsp3) is 0.727. The molecule has 0 aliphatic rings. The SMILES string of the molecule is CC(N)CCSCC(=O)Nc1nnc(C(C)C)o1. The van der Waals surface area contributed by atoms with Gasteiger partial charge in [0.1, 0.15) is 0 Å². The highest BCUT2D eigenvalue weighted by Crippen LogP contribution is 2.15. The van der Waals surface area contributed by atoms with E-state index in [1.54, 1.807) is 11.8 Å². The highest BCUT2D eigenvalue weighted by molar-refractivity contribution is 7.99. The lowest BCUT2D eigenvalue weighted by Gasteiger charge is -2.04. The number of thioether (sulfide) groups is 1. The molecule has 0 aromatic carbocycles. The Morgan fingerprint density at radius 1 is 1.44 bits per heavy atom. The van der Waals surface area contributed by atoms with E-state index in [0.29, 0.717) is 11.6 Å². The molecule has 1 aromatic rings. The number of nitrogens with one attached hydrogen (secondary N) is 1. The monoisotopic (exact) mass is 272 g/mol. The molecule has 1 heterocycles. The van der Waals surface area contributed by atoms with Crippen molar-refractivity contribution in [2.75, 3.05) is 16.8 Å². The minimum absolute atomic E-state index is 0.136. The lowest BCUT2D eigenvalue weighted by atomic mass is 10.2. The Morgan fingerprint density at radius 2 is 2.17 bits per heavy atom. The number of carbonyl (C=O) groups is 1. The van der Waals surface area contributed by atoms with Gasteiger partial charge in [-0.2, -0.15) is 11.8 Å². The van der Waals surface area contributed by atoms with Crippen LogP contribution in [0.5, 0.6) is 0 Å². The van der Waals surface area contributed by atoms with E-state index in [1.165, 1.54) is 0 Å². The Balaban J connectivity index is 2.26. The number of amides is 1. The fourth-order valence-corrected chi connectivity index (χ4v) is 2.05. The molecule has 6 nitrogen and oxygen atoms in total. The molecule has 18 heavy (non-hydrogen) atoms. The quantitative estimate of drug-likeness (QED) is 0.732. The van der Waals surface area contributed by atoms with Crippen molar-refractivity contribution < 1.29 is 9.21 Å². The van der Waals surface area contributed by atoms with Crippen LogP contribution in [0.15, 0.2) is 4.42 Å². The van der Waals surface area contributed by atoms with Crippen LogP contribution >= 0.6 is 11.8 Å². The van der Waals surface area contributed by atoms with Gasteiger partial charge in [-0.05, 0) is 19.1 Å². The average molecular weight is 272 g/mol. The summed E-state index contributed by atoms with van der Waals surface area (Å²) in [6, 6.07) is 0.335. The standard InChI is InChI=1S/C11H20N4O2S/c1-7(2)10-14-15-11(17-10)13-9(16)6-18-5-4-8(3)12/h7-8H,4-6,12H2,1-3H3,(H,13,15,16). The summed E-state index contributed by atoms with van der Waals surface area (Å²) >= 11 is 1.54. The van der Waals surface area contributed by atoms with E-state index in [1.807, 2.05) is 20.8 Å². The van der Waals surface area contributed by atoms with E-state index >= 15 is 0 Å². The first-order chi connectivity index (χ1) is 8.49. The van der Waals surface area contributed by atoms with Crippen molar-refractivity contribution in [1.82, 2.24) is 10.2 Å². The van der Waals surface area contributed by atoms with Crippen LogP contribution in [0.25, 0.3) is 0 Å². The Morgan fingerprint density at radius 3 is 2.72 bits per heavy atom.